The average molecular weight is 547 g/mol. The predicted octanol–water partition coefficient (Wildman–Crippen LogP) is 4.57. The van der Waals surface area contributed by atoms with Gasteiger partial charge in [0.2, 0.25) is 0 Å². The maximum atomic E-state index is 13.8. The third kappa shape index (κ3) is 6.52. The highest BCUT2D eigenvalue weighted by Crippen LogP contribution is 2.38. The molecular formula is C30H34N4O6. The first-order valence-corrected chi connectivity index (χ1v) is 12.8. The van der Waals surface area contributed by atoms with Crippen LogP contribution in [0, 0.1) is 0 Å². The first-order chi connectivity index (χ1) is 19.5. The third-order valence-electron chi connectivity index (χ3n) is 6.59. The highest BCUT2D eigenvalue weighted by molar-refractivity contribution is 6.04. The summed E-state index contributed by atoms with van der Waals surface area (Å²) in [7, 11) is 6.27. The molecule has 0 fully saturated rings. The Morgan fingerprint density at radius 1 is 0.925 bits per heavy atom. The molecule has 210 valence electrons. The molecule has 0 radical (unpaired) electrons. The second-order valence-corrected chi connectivity index (χ2v) is 9.02. The molecule has 1 aliphatic heterocycles. The van der Waals surface area contributed by atoms with Crippen molar-refractivity contribution in [2.75, 3.05) is 53.5 Å². The summed E-state index contributed by atoms with van der Waals surface area (Å²) in [5.41, 5.74) is 2.89. The molecular weight excluding hydrogens is 512 g/mol. The van der Waals surface area contributed by atoms with Gasteiger partial charge in [-0.15, -0.1) is 0 Å². The van der Waals surface area contributed by atoms with Gasteiger partial charge in [-0.1, -0.05) is 42.5 Å². The number of nitrogens with zero attached hydrogens (tertiary/aromatic N) is 3. The van der Waals surface area contributed by atoms with Gasteiger partial charge in [0, 0.05) is 31.2 Å². The fourth-order valence-electron chi connectivity index (χ4n) is 4.53. The van der Waals surface area contributed by atoms with E-state index in [9.17, 15) is 9.59 Å². The number of amides is 3. The van der Waals surface area contributed by atoms with E-state index in [1.807, 2.05) is 54.6 Å². The predicted molar refractivity (Wildman–Crippen MR) is 152 cm³/mol. The van der Waals surface area contributed by atoms with Gasteiger partial charge in [0.15, 0.2) is 0 Å². The van der Waals surface area contributed by atoms with Gasteiger partial charge in [0.05, 0.1) is 45.4 Å². The monoisotopic (exact) mass is 546 g/mol. The van der Waals surface area contributed by atoms with Crippen LogP contribution in [-0.2, 0) is 9.53 Å². The van der Waals surface area contributed by atoms with Crippen molar-refractivity contribution in [3.8, 4) is 17.2 Å². The van der Waals surface area contributed by atoms with Gasteiger partial charge in [0.25, 0.3) is 5.91 Å². The Labute approximate surface area is 234 Å². The molecule has 3 aromatic rings. The SMILES string of the molecule is COCCN(CC(=O)N1N=C(c2cccc(OC)c2)CC1c1ccccc1OC)C(=O)Nc1ccccc1OC. The minimum atomic E-state index is -0.458. The Bertz CT molecular complexity index is 1360. The summed E-state index contributed by atoms with van der Waals surface area (Å²) in [6, 6.07) is 21.3. The number of nitrogens with one attached hydrogen (secondary N) is 1. The number of hydrazone groups is 1. The molecule has 1 aliphatic rings. The van der Waals surface area contributed by atoms with Crippen LogP contribution in [0.4, 0.5) is 10.5 Å². The van der Waals surface area contributed by atoms with Crippen molar-refractivity contribution in [3.63, 3.8) is 0 Å². The largest absolute Gasteiger partial charge is 0.497 e. The molecule has 10 nitrogen and oxygen atoms in total. The number of hydrogen-bond acceptors (Lipinski definition) is 7. The van der Waals surface area contributed by atoms with E-state index in [-0.39, 0.29) is 25.6 Å². The highest BCUT2D eigenvalue weighted by atomic mass is 16.5. The lowest BCUT2D eigenvalue weighted by Crippen LogP contribution is -2.44. The summed E-state index contributed by atoms with van der Waals surface area (Å²) in [5.74, 6) is 1.51. The molecule has 4 rings (SSSR count). The van der Waals surface area contributed by atoms with Crippen molar-refractivity contribution in [2.24, 2.45) is 5.10 Å². The van der Waals surface area contributed by atoms with E-state index in [0.717, 1.165) is 16.8 Å². The summed E-state index contributed by atoms with van der Waals surface area (Å²) >= 11 is 0. The van der Waals surface area contributed by atoms with Gasteiger partial charge in [-0.2, -0.15) is 5.10 Å². The zero-order valence-corrected chi connectivity index (χ0v) is 23.1. The molecule has 10 heteroatoms. The molecule has 40 heavy (non-hydrogen) atoms. The Morgan fingerprint density at radius 3 is 2.38 bits per heavy atom. The normalized spacial score (nSPS) is 14.3. The summed E-state index contributed by atoms with van der Waals surface area (Å²) in [5, 5.41) is 9.04. The van der Waals surface area contributed by atoms with Crippen LogP contribution in [0.2, 0.25) is 0 Å². The molecule has 0 aromatic heterocycles. The zero-order valence-electron chi connectivity index (χ0n) is 23.1. The number of hydrogen-bond donors (Lipinski definition) is 1. The number of ether oxygens (including phenoxy) is 4. The van der Waals surface area contributed by atoms with Crippen LogP contribution in [0.5, 0.6) is 17.2 Å². The number of rotatable bonds is 11. The van der Waals surface area contributed by atoms with Gasteiger partial charge in [-0.25, -0.2) is 9.80 Å². The molecule has 3 aromatic carbocycles. The molecule has 1 atom stereocenters. The Morgan fingerprint density at radius 2 is 1.65 bits per heavy atom. The molecule has 0 aliphatic carbocycles. The Balaban J connectivity index is 1.63. The maximum Gasteiger partial charge on any atom is 0.322 e. The standard InChI is InChI=1S/C30H34N4O6/c1-37-17-16-33(30(36)31-24-13-6-8-15-28(24)40-4)20-29(35)34-26(23-12-5-7-14-27(23)39-3)19-25(32-34)21-10-9-11-22(18-21)38-2/h5-15,18,26H,16-17,19-20H2,1-4H3,(H,31,36). The minimum absolute atomic E-state index is 0.197. The first kappa shape index (κ1) is 28.4. The van der Waals surface area contributed by atoms with Gasteiger partial charge in [-0.3, -0.25) is 4.79 Å². The van der Waals surface area contributed by atoms with Crippen LogP contribution in [0.1, 0.15) is 23.6 Å². The number of benzene rings is 3. The molecule has 0 spiro atoms. The van der Waals surface area contributed by atoms with E-state index in [0.29, 0.717) is 29.4 Å². The van der Waals surface area contributed by atoms with Gasteiger partial charge >= 0.3 is 6.03 Å². The molecule has 1 heterocycles. The number of methoxy groups -OCH3 is 4. The van der Waals surface area contributed by atoms with Crippen molar-refractivity contribution in [3.05, 3.63) is 83.9 Å². The molecule has 0 saturated carbocycles. The topological polar surface area (TPSA) is 102 Å². The lowest BCUT2D eigenvalue weighted by atomic mass is 9.97. The highest BCUT2D eigenvalue weighted by Gasteiger charge is 2.36. The second-order valence-electron chi connectivity index (χ2n) is 9.02. The molecule has 0 bridgehead atoms. The van der Waals surface area contributed by atoms with Crippen LogP contribution in [-0.4, -0.2) is 75.7 Å². The molecule has 1 N–H and O–H groups in total. The van der Waals surface area contributed by atoms with E-state index < -0.39 is 12.1 Å². The van der Waals surface area contributed by atoms with Gasteiger partial charge < -0.3 is 29.2 Å². The minimum Gasteiger partial charge on any atom is -0.497 e. The Kier molecular flexibility index (Phi) is 9.58. The zero-order chi connectivity index (χ0) is 28.5. The van der Waals surface area contributed by atoms with E-state index in [2.05, 4.69) is 5.32 Å². The molecule has 0 saturated heterocycles. The maximum absolute atomic E-state index is 13.8. The smallest absolute Gasteiger partial charge is 0.322 e. The van der Waals surface area contributed by atoms with Crippen molar-refractivity contribution >= 4 is 23.3 Å². The van der Waals surface area contributed by atoms with Crippen LogP contribution >= 0.6 is 0 Å². The van der Waals surface area contributed by atoms with Crippen molar-refractivity contribution in [1.82, 2.24) is 9.91 Å². The van der Waals surface area contributed by atoms with Gasteiger partial charge in [0.1, 0.15) is 23.8 Å². The number of para-hydroxylation sites is 3. The van der Waals surface area contributed by atoms with Crippen LogP contribution < -0.4 is 19.5 Å². The second kappa shape index (κ2) is 13.5. The van der Waals surface area contributed by atoms with Crippen molar-refractivity contribution in [1.29, 1.82) is 0 Å². The fourth-order valence-corrected chi connectivity index (χ4v) is 4.53. The number of anilines is 1. The quantitative estimate of drug-likeness (QED) is 0.378. The number of urea groups is 1. The van der Waals surface area contributed by atoms with Crippen molar-refractivity contribution < 1.29 is 28.5 Å². The Hall–Kier alpha value is -4.57. The summed E-state index contributed by atoms with van der Waals surface area (Å²) < 4.78 is 21.6. The van der Waals surface area contributed by atoms with Gasteiger partial charge in [-0.05, 0) is 30.3 Å². The fraction of sp³-hybridized carbons (Fsp3) is 0.300. The van der Waals surface area contributed by atoms with E-state index in [1.165, 1.54) is 17.0 Å². The van der Waals surface area contributed by atoms with E-state index in [4.69, 9.17) is 24.0 Å². The third-order valence-corrected chi connectivity index (χ3v) is 6.59. The number of carbonyl (C=O) groups is 2. The summed E-state index contributed by atoms with van der Waals surface area (Å²) in [6.07, 6.45) is 0.463. The molecule has 1 unspecified atom stereocenters. The van der Waals surface area contributed by atoms with Crippen LogP contribution in [0.3, 0.4) is 0 Å². The summed E-state index contributed by atoms with van der Waals surface area (Å²) in [4.78, 5) is 28.6. The van der Waals surface area contributed by atoms with Crippen LogP contribution in [0.15, 0.2) is 77.9 Å². The van der Waals surface area contributed by atoms with E-state index >= 15 is 0 Å². The first-order valence-electron chi connectivity index (χ1n) is 12.8. The molecule has 3 amide bonds. The number of carbonyl (C=O) groups excluding carboxylic acids is 2. The van der Waals surface area contributed by atoms with Crippen LogP contribution in [0.25, 0.3) is 0 Å². The average Bonchev–Trinajstić information content (AvgIpc) is 3.45. The lowest BCUT2D eigenvalue weighted by Gasteiger charge is -2.27. The lowest BCUT2D eigenvalue weighted by molar-refractivity contribution is -0.133. The summed E-state index contributed by atoms with van der Waals surface area (Å²) in [6.45, 7) is 0.231. The van der Waals surface area contributed by atoms with E-state index in [1.54, 1.807) is 39.5 Å². The van der Waals surface area contributed by atoms with Crippen molar-refractivity contribution in [2.45, 2.75) is 12.5 Å².